The molecule has 0 aliphatic heterocycles. The summed E-state index contributed by atoms with van der Waals surface area (Å²) in [4.78, 5) is 11.2. The Bertz CT molecular complexity index is 343. The molecule has 0 heterocycles. The highest BCUT2D eigenvalue weighted by Crippen LogP contribution is 2.48. The fourth-order valence-electron chi connectivity index (χ4n) is 0.961. The first-order valence-corrected chi connectivity index (χ1v) is 7.62. The summed E-state index contributed by atoms with van der Waals surface area (Å²) < 4.78 is 62.9. The molecule has 0 aliphatic carbocycles. The molecule has 19 heavy (non-hydrogen) atoms. The lowest BCUT2D eigenvalue weighted by Crippen LogP contribution is -2.39. The van der Waals surface area contributed by atoms with Crippen LogP contribution in [0, 0.1) is 5.92 Å². The normalized spacial score (nSPS) is 17.1. The van der Waals surface area contributed by atoms with E-state index in [4.69, 9.17) is 4.52 Å². The van der Waals surface area contributed by atoms with E-state index in [0.29, 0.717) is 0 Å². The van der Waals surface area contributed by atoms with Gasteiger partial charge in [0.15, 0.2) is 0 Å². The molecule has 0 fully saturated rings. The SMILES string of the molecule is CCOC(=O)[C@@H](O[P@@](C)(=O)OCC(C)C)C(F)(F)F. The molecule has 0 aromatic rings. The second-order valence-corrected chi connectivity index (χ2v) is 6.25. The highest BCUT2D eigenvalue weighted by atomic mass is 31.2. The number of ether oxygens (including phenoxy) is 1. The molecule has 2 atom stereocenters. The van der Waals surface area contributed by atoms with E-state index in [9.17, 15) is 22.5 Å². The Hall–Kier alpha value is -0.590. The quantitative estimate of drug-likeness (QED) is 0.534. The van der Waals surface area contributed by atoms with Crippen LogP contribution in [0.1, 0.15) is 20.8 Å². The molecule has 0 bridgehead atoms. The Balaban J connectivity index is 4.82. The number of hydrogen-bond donors (Lipinski definition) is 0. The Labute approximate surface area is 109 Å². The fourth-order valence-corrected chi connectivity index (χ4v) is 2.18. The van der Waals surface area contributed by atoms with Gasteiger partial charge in [0.05, 0.1) is 13.2 Å². The molecule has 0 saturated carbocycles. The second-order valence-electron chi connectivity index (χ2n) is 4.24. The van der Waals surface area contributed by atoms with Crippen molar-refractivity contribution in [1.82, 2.24) is 0 Å². The molecule has 0 N–H and O–H groups in total. The number of esters is 1. The number of alkyl halides is 3. The van der Waals surface area contributed by atoms with Crippen LogP contribution in [0.25, 0.3) is 0 Å². The average Bonchev–Trinajstić information content (AvgIpc) is 2.22. The minimum Gasteiger partial charge on any atom is -0.464 e. The lowest BCUT2D eigenvalue weighted by molar-refractivity contribution is -0.212. The van der Waals surface area contributed by atoms with E-state index in [1.54, 1.807) is 13.8 Å². The zero-order valence-electron chi connectivity index (χ0n) is 11.2. The first kappa shape index (κ1) is 18.4. The predicted octanol–water partition coefficient (Wildman–Crippen LogP) is 2.99. The van der Waals surface area contributed by atoms with Crippen molar-refractivity contribution in [2.45, 2.75) is 33.1 Å². The van der Waals surface area contributed by atoms with Crippen molar-refractivity contribution in [2.75, 3.05) is 19.9 Å². The van der Waals surface area contributed by atoms with Gasteiger partial charge in [0.25, 0.3) is 6.10 Å². The van der Waals surface area contributed by atoms with Crippen molar-refractivity contribution in [2.24, 2.45) is 5.92 Å². The van der Waals surface area contributed by atoms with E-state index < -0.39 is 25.8 Å². The Morgan fingerprint density at radius 1 is 1.32 bits per heavy atom. The predicted molar refractivity (Wildman–Crippen MR) is 61.9 cm³/mol. The smallest absolute Gasteiger partial charge is 0.426 e. The standard InChI is InChI=1S/C10H18F3O5P/c1-5-16-9(14)8(10(11,12)13)18-19(4,15)17-6-7(2)3/h7-8H,5-6H2,1-4H3/t8-,19+/m1/s1. The van der Waals surface area contributed by atoms with Crippen LogP contribution in [0.3, 0.4) is 0 Å². The molecule has 0 aliphatic rings. The first-order valence-electron chi connectivity index (χ1n) is 5.63. The van der Waals surface area contributed by atoms with Crippen LogP contribution in [0.4, 0.5) is 13.2 Å². The van der Waals surface area contributed by atoms with Crippen LogP contribution in [-0.4, -0.2) is 38.1 Å². The number of carbonyl (C=O) groups is 1. The van der Waals surface area contributed by atoms with Gasteiger partial charge in [0.1, 0.15) is 0 Å². The third-order valence-electron chi connectivity index (χ3n) is 1.74. The van der Waals surface area contributed by atoms with E-state index in [-0.39, 0.29) is 19.1 Å². The van der Waals surface area contributed by atoms with E-state index >= 15 is 0 Å². The van der Waals surface area contributed by atoms with Gasteiger partial charge >= 0.3 is 19.7 Å². The summed E-state index contributed by atoms with van der Waals surface area (Å²) in [5.74, 6) is -1.67. The van der Waals surface area contributed by atoms with E-state index in [2.05, 4.69) is 9.26 Å². The van der Waals surface area contributed by atoms with Gasteiger partial charge in [0, 0.05) is 6.66 Å². The average molecular weight is 306 g/mol. The number of halogens is 3. The Morgan fingerprint density at radius 2 is 1.84 bits per heavy atom. The van der Waals surface area contributed by atoms with Crippen LogP contribution in [0.15, 0.2) is 0 Å². The van der Waals surface area contributed by atoms with Gasteiger partial charge in [-0.1, -0.05) is 13.8 Å². The molecule has 0 amide bonds. The highest BCUT2D eigenvalue weighted by Gasteiger charge is 2.50. The summed E-state index contributed by atoms with van der Waals surface area (Å²) >= 11 is 0. The molecule has 0 saturated heterocycles. The molecule has 0 aromatic carbocycles. The maximum atomic E-state index is 12.6. The van der Waals surface area contributed by atoms with Gasteiger partial charge in [-0.25, -0.2) is 4.79 Å². The van der Waals surface area contributed by atoms with E-state index in [1.807, 2.05) is 0 Å². The topological polar surface area (TPSA) is 61.8 Å². The molecule has 0 unspecified atom stereocenters. The van der Waals surface area contributed by atoms with Gasteiger partial charge in [-0.15, -0.1) is 0 Å². The summed E-state index contributed by atoms with van der Waals surface area (Å²) in [6.07, 6.45) is -7.92. The minimum absolute atomic E-state index is 0.0381. The number of carbonyl (C=O) groups excluding carboxylic acids is 1. The maximum absolute atomic E-state index is 12.6. The third kappa shape index (κ3) is 7.54. The fraction of sp³-hybridized carbons (Fsp3) is 0.900. The summed E-state index contributed by atoms with van der Waals surface area (Å²) in [7, 11) is -4.00. The second kappa shape index (κ2) is 7.26. The summed E-state index contributed by atoms with van der Waals surface area (Å²) in [6, 6.07) is 0. The molecule has 0 radical (unpaired) electrons. The van der Waals surface area contributed by atoms with Crippen molar-refractivity contribution in [3.8, 4) is 0 Å². The van der Waals surface area contributed by atoms with Crippen LogP contribution in [-0.2, 0) is 23.1 Å². The zero-order valence-corrected chi connectivity index (χ0v) is 12.1. The van der Waals surface area contributed by atoms with Gasteiger partial charge in [-0.3, -0.25) is 9.09 Å². The molecular weight excluding hydrogens is 288 g/mol. The highest BCUT2D eigenvalue weighted by molar-refractivity contribution is 7.53. The van der Waals surface area contributed by atoms with E-state index in [0.717, 1.165) is 6.66 Å². The zero-order chi connectivity index (χ0) is 15.3. The van der Waals surface area contributed by atoms with Crippen LogP contribution in [0.5, 0.6) is 0 Å². The first-order chi connectivity index (χ1) is 8.49. The molecular formula is C10H18F3O5P. The lowest BCUT2D eigenvalue weighted by Gasteiger charge is -2.23. The molecule has 0 aromatic heterocycles. The molecule has 0 rings (SSSR count). The molecule has 114 valence electrons. The molecule has 0 spiro atoms. The Kier molecular flexibility index (Phi) is 7.04. The monoisotopic (exact) mass is 306 g/mol. The van der Waals surface area contributed by atoms with Crippen molar-refractivity contribution in [3.63, 3.8) is 0 Å². The summed E-state index contributed by atoms with van der Waals surface area (Å²) in [5.41, 5.74) is 0. The largest absolute Gasteiger partial charge is 0.464 e. The van der Waals surface area contributed by atoms with Gasteiger partial charge < -0.3 is 9.26 Å². The summed E-state index contributed by atoms with van der Waals surface area (Å²) in [5, 5.41) is 0. The van der Waals surface area contributed by atoms with Crippen molar-refractivity contribution in [3.05, 3.63) is 0 Å². The maximum Gasteiger partial charge on any atom is 0.426 e. The van der Waals surface area contributed by atoms with Crippen molar-refractivity contribution < 1.29 is 36.3 Å². The van der Waals surface area contributed by atoms with Gasteiger partial charge in [-0.2, -0.15) is 13.2 Å². The van der Waals surface area contributed by atoms with Gasteiger partial charge in [-0.05, 0) is 12.8 Å². The molecule has 5 nitrogen and oxygen atoms in total. The third-order valence-corrected chi connectivity index (χ3v) is 2.95. The minimum atomic E-state index is -5.01. The molecule has 9 heteroatoms. The van der Waals surface area contributed by atoms with Crippen molar-refractivity contribution >= 4 is 13.6 Å². The summed E-state index contributed by atoms with van der Waals surface area (Å²) in [6.45, 7) is 5.41. The van der Waals surface area contributed by atoms with Crippen LogP contribution in [0.2, 0.25) is 0 Å². The lowest BCUT2D eigenvalue weighted by atomic mass is 10.2. The van der Waals surface area contributed by atoms with E-state index in [1.165, 1.54) is 6.92 Å². The number of rotatable bonds is 7. The number of hydrogen-bond acceptors (Lipinski definition) is 5. The van der Waals surface area contributed by atoms with Crippen molar-refractivity contribution in [1.29, 1.82) is 0 Å². The van der Waals surface area contributed by atoms with Crippen LogP contribution >= 0.6 is 7.60 Å². The van der Waals surface area contributed by atoms with Gasteiger partial charge in [0.2, 0.25) is 0 Å². The Morgan fingerprint density at radius 3 is 2.21 bits per heavy atom. The van der Waals surface area contributed by atoms with Crippen LogP contribution < -0.4 is 0 Å².